The number of rotatable bonds is 0. The summed E-state index contributed by atoms with van der Waals surface area (Å²) in [6.45, 7) is 4.60. The van der Waals surface area contributed by atoms with Crippen LogP contribution in [0.15, 0.2) is 12.2 Å². The van der Waals surface area contributed by atoms with Gasteiger partial charge in [0.15, 0.2) is 0 Å². The SMILES string of the molecule is CC1(C)C=CC2C3C(=O)CCC23CC1. The van der Waals surface area contributed by atoms with Crippen molar-refractivity contribution >= 4 is 5.78 Å². The summed E-state index contributed by atoms with van der Waals surface area (Å²) < 4.78 is 0. The Morgan fingerprint density at radius 2 is 2.07 bits per heavy atom. The van der Waals surface area contributed by atoms with Gasteiger partial charge in [-0.25, -0.2) is 0 Å². The molecule has 0 saturated heterocycles. The van der Waals surface area contributed by atoms with Gasteiger partial charge in [0.1, 0.15) is 5.78 Å². The van der Waals surface area contributed by atoms with E-state index in [0.29, 0.717) is 28.4 Å². The van der Waals surface area contributed by atoms with Gasteiger partial charge in [-0.3, -0.25) is 4.79 Å². The zero-order valence-corrected chi connectivity index (χ0v) is 9.05. The van der Waals surface area contributed by atoms with E-state index in [1.807, 2.05) is 0 Å². The lowest BCUT2D eigenvalue weighted by atomic mass is 9.84. The monoisotopic (exact) mass is 190 g/mol. The minimum atomic E-state index is 0.359. The summed E-state index contributed by atoms with van der Waals surface area (Å²) in [6.07, 6.45) is 9.24. The molecule has 0 N–H and O–H groups in total. The summed E-state index contributed by atoms with van der Waals surface area (Å²) in [6, 6.07) is 0. The molecule has 3 aliphatic rings. The van der Waals surface area contributed by atoms with Crippen LogP contribution in [0.2, 0.25) is 0 Å². The second-order valence-corrected chi connectivity index (χ2v) is 6.05. The topological polar surface area (TPSA) is 17.1 Å². The van der Waals surface area contributed by atoms with E-state index < -0.39 is 0 Å². The standard InChI is InChI=1S/C13H18O/c1-12(2)5-3-9-11-10(14)4-6-13(9,11)8-7-12/h3,5,9,11H,4,6-8H2,1-2H3. The van der Waals surface area contributed by atoms with Gasteiger partial charge in [-0.1, -0.05) is 26.0 Å². The Labute approximate surface area is 85.6 Å². The Morgan fingerprint density at radius 3 is 2.86 bits per heavy atom. The molecule has 0 heterocycles. The lowest BCUT2D eigenvalue weighted by Gasteiger charge is -2.21. The Hall–Kier alpha value is -0.590. The van der Waals surface area contributed by atoms with E-state index in [1.54, 1.807) is 0 Å². The first-order chi connectivity index (χ1) is 6.55. The maximum Gasteiger partial charge on any atom is 0.137 e. The van der Waals surface area contributed by atoms with Crippen LogP contribution in [-0.2, 0) is 4.79 Å². The van der Waals surface area contributed by atoms with Gasteiger partial charge < -0.3 is 0 Å². The Balaban J connectivity index is 1.91. The largest absolute Gasteiger partial charge is 0.299 e. The van der Waals surface area contributed by atoms with Crippen molar-refractivity contribution in [2.45, 2.75) is 39.5 Å². The predicted molar refractivity (Wildman–Crippen MR) is 55.8 cm³/mol. The summed E-state index contributed by atoms with van der Waals surface area (Å²) in [4.78, 5) is 11.6. The van der Waals surface area contributed by atoms with E-state index in [4.69, 9.17) is 0 Å². The molecule has 0 aromatic carbocycles. The summed E-state index contributed by atoms with van der Waals surface area (Å²) in [5.41, 5.74) is 0.791. The molecule has 0 amide bonds. The van der Waals surface area contributed by atoms with Crippen LogP contribution in [0, 0.1) is 22.7 Å². The number of hydrogen-bond donors (Lipinski definition) is 0. The highest BCUT2D eigenvalue weighted by Crippen LogP contribution is 2.71. The van der Waals surface area contributed by atoms with E-state index in [9.17, 15) is 4.79 Å². The van der Waals surface area contributed by atoms with Gasteiger partial charge in [0.05, 0.1) is 0 Å². The fourth-order valence-electron chi connectivity index (χ4n) is 3.63. The molecule has 3 atom stereocenters. The number of ketones is 1. The van der Waals surface area contributed by atoms with Crippen LogP contribution >= 0.6 is 0 Å². The smallest absolute Gasteiger partial charge is 0.137 e. The lowest BCUT2D eigenvalue weighted by Crippen LogP contribution is -2.10. The van der Waals surface area contributed by atoms with Gasteiger partial charge in [0.25, 0.3) is 0 Å². The molecule has 0 aromatic heterocycles. The first-order valence-electron chi connectivity index (χ1n) is 5.77. The van der Waals surface area contributed by atoms with Crippen molar-refractivity contribution in [2.24, 2.45) is 22.7 Å². The third-order valence-electron chi connectivity index (χ3n) is 4.71. The minimum absolute atomic E-state index is 0.359. The molecule has 1 spiro atoms. The van der Waals surface area contributed by atoms with Crippen LogP contribution in [-0.4, -0.2) is 5.78 Å². The Morgan fingerprint density at radius 1 is 1.29 bits per heavy atom. The molecule has 2 fully saturated rings. The van der Waals surface area contributed by atoms with E-state index in [0.717, 1.165) is 6.42 Å². The van der Waals surface area contributed by atoms with Crippen molar-refractivity contribution < 1.29 is 4.79 Å². The van der Waals surface area contributed by atoms with Crippen LogP contribution in [0.1, 0.15) is 39.5 Å². The molecule has 14 heavy (non-hydrogen) atoms. The van der Waals surface area contributed by atoms with Gasteiger partial charge in [0, 0.05) is 12.3 Å². The highest BCUT2D eigenvalue weighted by molar-refractivity contribution is 5.89. The van der Waals surface area contributed by atoms with Crippen molar-refractivity contribution in [3.8, 4) is 0 Å². The number of fused-ring (bicyclic) bond motifs is 1. The van der Waals surface area contributed by atoms with Crippen molar-refractivity contribution in [3.05, 3.63) is 12.2 Å². The van der Waals surface area contributed by atoms with Gasteiger partial charge in [0.2, 0.25) is 0 Å². The maximum absolute atomic E-state index is 11.6. The molecule has 0 aromatic rings. The first-order valence-corrected chi connectivity index (χ1v) is 5.77. The van der Waals surface area contributed by atoms with E-state index in [2.05, 4.69) is 26.0 Å². The van der Waals surface area contributed by atoms with Gasteiger partial charge in [-0.05, 0) is 36.0 Å². The summed E-state index contributed by atoms with van der Waals surface area (Å²) in [5.74, 6) is 1.58. The summed E-state index contributed by atoms with van der Waals surface area (Å²) >= 11 is 0. The zero-order chi connectivity index (χ0) is 9.97. The molecule has 3 rings (SSSR count). The second kappa shape index (κ2) is 2.32. The van der Waals surface area contributed by atoms with Crippen LogP contribution < -0.4 is 0 Å². The minimum Gasteiger partial charge on any atom is -0.299 e. The number of Topliss-reactive ketones (excluding diaryl/α,β-unsaturated/α-hetero) is 1. The Kier molecular flexibility index (Phi) is 1.44. The lowest BCUT2D eigenvalue weighted by molar-refractivity contribution is -0.119. The highest BCUT2D eigenvalue weighted by Gasteiger charge is 2.69. The molecule has 3 unspecified atom stereocenters. The number of hydrogen-bond acceptors (Lipinski definition) is 1. The molecule has 1 nitrogen and oxygen atoms in total. The molecular weight excluding hydrogens is 172 g/mol. The fourth-order valence-corrected chi connectivity index (χ4v) is 3.63. The summed E-state index contributed by atoms with van der Waals surface area (Å²) in [7, 11) is 0. The molecule has 3 aliphatic carbocycles. The first kappa shape index (κ1) is 8.70. The average molecular weight is 190 g/mol. The van der Waals surface area contributed by atoms with Gasteiger partial charge in [-0.2, -0.15) is 0 Å². The fraction of sp³-hybridized carbons (Fsp3) is 0.769. The van der Waals surface area contributed by atoms with Crippen LogP contribution in [0.25, 0.3) is 0 Å². The van der Waals surface area contributed by atoms with Crippen LogP contribution in [0.3, 0.4) is 0 Å². The normalized spacial score (nSPS) is 48.3. The third-order valence-corrected chi connectivity index (χ3v) is 4.71. The molecular formula is C13H18O. The van der Waals surface area contributed by atoms with Crippen molar-refractivity contribution in [1.29, 1.82) is 0 Å². The average Bonchev–Trinajstić information content (AvgIpc) is 2.68. The molecule has 2 saturated carbocycles. The third kappa shape index (κ3) is 0.933. The van der Waals surface area contributed by atoms with Crippen LogP contribution in [0.4, 0.5) is 0 Å². The quantitative estimate of drug-likeness (QED) is 0.537. The van der Waals surface area contributed by atoms with E-state index in [-0.39, 0.29) is 0 Å². The second-order valence-electron chi connectivity index (χ2n) is 6.05. The maximum atomic E-state index is 11.6. The van der Waals surface area contributed by atoms with Gasteiger partial charge >= 0.3 is 0 Å². The van der Waals surface area contributed by atoms with Crippen LogP contribution in [0.5, 0.6) is 0 Å². The Bertz CT molecular complexity index is 326. The van der Waals surface area contributed by atoms with Crippen molar-refractivity contribution in [2.75, 3.05) is 0 Å². The number of allylic oxidation sites excluding steroid dienone is 2. The number of carbonyl (C=O) groups is 1. The highest BCUT2D eigenvalue weighted by atomic mass is 16.1. The van der Waals surface area contributed by atoms with Crippen molar-refractivity contribution in [3.63, 3.8) is 0 Å². The zero-order valence-electron chi connectivity index (χ0n) is 9.05. The molecule has 1 heteroatoms. The molecule has 0 bridgehead atoms. The molecule has 76 valence electrons. The molecule has 0 aliphatic heterocycles. The predicted octanol–water partition coefficient (Wildman–Crippen LogP) is 2.96. The molecule has 0 radical (unpaired) electrons. The van der Waals surface area contributed by atoms with Crippen molar-refractivity contribution in [1.82, 2.24) is 0 Å². The van der Waals surface area contributed by atoms with E-state index in [1.165, 1.54) is 19.3 Å². The summed E-state index contributed by atoms with van der Waals surface area (Å²) in [5, 5.41) is 0. The number of carbonyl (C=O) groups excluding carboxylic acids is 1. The van der Waals surface area contributed by atoms with Gasteiger partial charge in [-0.15, -0.1) is 0 Å². The van der Waals surface area contributed by atoms with E-state index >= 15 is 0 Å².